The number of hydrogen-bond acceptors (Lipinski definition) is 2. The highest BCUT2D eigenvalue weighted by Crippen LogP contribution is 2.03. The summed E-state index contributed by atoms with van der Waals surface area (Å²) in [4.78, 5) is 13.5. The van der Waals surface area contributed by atoms with Gasteiger partial charge in [0.05, 0.1) is 6.61 Å². The molecule has 0 radical (unpaired) electrons. The van der Waals surface area contributed by atoms with Gasteiger partial charge in [-0.2, -0.15) is 0 Å². The van der Waals surface area contributed by atoms with Crippen LogP contribution in [0.5, 0.6) is 0 Å². The second kappa shape index (κ2) is 7.71. The molecule has 0 aliphatic rings. The van der Waals surface area contributed by atoms with Crippen molar-refractivity contribution in [2.24, 2.45) is 0 Å². The van der Waals surface area contributed by atoms with E-state index < -0.39 is 0 Å². The normalized spacial score (nSPS) is 10.2. The SMILES string of the molecule is CCCN(CCO)C(=O)NCc1ccc(C)cc1. The highest BCUT2D eigenvalue weighted by Gasteiger charge is 2.10. The van der Waals surface area contributed by atoms with Gasteiger partial charge in [0.15, 0.2) is 0 Å². The lowest BCUT2D eigenvalue weighted by Gasteiger charge is -2.21. The maximum Gasteiger partial charge on any atom is 0.317 e. The fourth-order valence-corrected chi connectivity index (χ4v) is 1.70. The molecule has 0 saturated heterocycles. The van der Waals surface area contributed by atoms with Gasteiger partial charge >= 0.3 is 6.03 Å². The first-order valence-corrected chi connectivity index (χ1v) is 6.36. The molecule has 18 heavy (non-hydrogen) atoms. The van der Waals surface area contributed by atoms with Gasteiger partial charge in [-0.25, -0.2) is 4.79 Å². The molecule has 0 fully saturated rings. The Kier molecular flexibility index (Phi) is 6.22. The summed E-state index contributed by atoms with van der Waals surface area (Å²) in [7, 11) is 0. The van der Waals surface area contributed by atoms with Crippen LogP contribution in [-0.4, -0.2) is 35.7 Å². The van der Waals surface area contributed by atoms with Crippen LogP contribution < -0.4 is 5.32 Å². The van der Waals surface area contributed by atoms with Gasteiger partial charge in [-0.05, 0) is 18.9 Å². The Morgan fingerprint density at radius 3 is 2.50 bits per heavy atom. The summed E-state index contributed by atoms with van der Waals surface area (Å²) in [5.74, 6) is 0. The molecule has 0 aliphatic heterocycles. The van der Waals surface area contributed by atoms with Crippen LogP contribution >= 0.6 is 0 Å². The van der Waals surface area contributed by atoms with E-state index in [0.717, 1.165) is 12.0 Å². The number of hydrogen-bond donors (Lipinski definition) is 2. The molecule has 1 aromatic carbocycles. The van der Waals surface area contributed by atoms with Crippen molar-refractivity contribution in [3.63, 3.8) is 0 Å². The minimum atomic E-state index is -0.119. The van der Waals surface area contributed by atoms with Gasteiger partial charge in [-0.15, -0.1) is 0 Å². The van der Waals surface area contributed by atoms with Crippen molar-refractivity contribution in [2.75, 3.05) is 19.7 Å². The number of aliphatic hydroxyl groups is 1. The Morgan fingerprint density at radius 2 is 1.94 bits per heavy atom. The third-order valence-electron chi connectivity index (χ3n) is 2.71. The van der Waals surface area contributed by atoms with Gasteiger partial charge in [0.25, 0.3) is 0 Å². The average molecular weight is 250 g/mol. The number of aryl methyl sites for hydroxylation is 1. The number of aliphatic hydroxyl groups excluding tert-OH is 1. The second-order valence-corrected chi connectivity index (χ2v) is 4.35. The van der Waals surface area contributed by atoms with E-state index in [1.165, 1.54) is 5.56 Å². The summed E-state index contributed by atoms with van der Waals surface area (Å²) >= 11 is 0. The molecule has 1 aromatic rings. The summed E-state index contributed by atoms with van der Waals surface area (Å²) in [5, 5.41) is 11.8. The molecule has 0 spiro atoms. The van der Waals surface area contributed by atoms with E-state index in [1.54, 1.807) is 4.90 Å². The van der Waals surface area contributed by atoms with E-state index in [9.17, 15) is 4.79 Å². The number of carbonyl (C=O) groups excluding carboxylic acids is 1. The van der Waals surface area contributed by atoms with Crippen molar-refractivity contribution in [2.45, 2.75) is 26.8 Å². The standard InChI is InChI=1S/C14H22N2O2/c1-3-8-16(9-10-17)14(18)15-11-13-6-4-12(2)5-7-13/h4-7,17H,3,8-11H2,1-2H3,(H,15,18). The molecule has 0 unspecified atom stereocenters. The van der Waals surface area contributed by atoms with E-state index >= 15 is 0 Å². The van der Waals surface area contributed by atoms with E-state index in [0.29, 0.717) is 19.6 Å². The predicted octanol–water partition coefficient (Wildman–Crippen LogP) is 1.91. The van der Waals surface area contributed by atoms with Crippen LogP contribution in [0.2, 0.25) is 0 Å². The lowest BCUT2D eigenvalue weighted by Crippen LogP contribution is -2.41. The molecule has 0 atom stereocenters. The van der Waals surface area contributed by atoms with Crippen molar-refractivity contribution in [3.05, 3.63) is 35.4 Å². The molecule has 0 bridgehead atoms. The van der Waals surface area contributed by atoms with Gasteiger partial charge in [0.1, 0.15) is 0 Å². The van der Waals surface area contributed by atoms with Crippen molar-refractivity contribution in [1.82, 2.24) is 10.2 Å². The molecule has 1 rings (SSSR count). The number of benzene rings is 1. The lowest BCUT2D eigenvalue weighted by molar-refractivity contribution is 0.177. The first-order valence-electron chi connectivity index (χ1n) is 6.36. The largest absolute Gasteiger partial charge is 0.395 e. The fourth-order valence-electron chi connectivity index (χ4n) is 1.70. The van der Waals surface area contributed by atoms with Crippen LogP contribution in [0.25, 0.3) is 0 Å². The Hall–Kier alpha value is -1.55. The van der Waals surface area contributed by atoms with Crippen molar-refractivity contribution >= 4 is 6.03 Å². The van der Waals surface area contributed by atoms with Gasteiger partial charge in [-0.1, -0.05) is 36.8 Å². The van der Waals surface area contributed by atoms with Gasteiger partial charge in [0, 0.05) is 19.6 Å². The van der Waals surface area contributed by atoms with Gasteiger partial charge in [-0.3, -0.25) is 0 Å². The van der Waals surface area contributed by atoms with Crippen LogP contribution in [0.3, 0.4) is 0 Å². The van der Waals surface area contributed by atoms with Crippen molar-refractivity contribution < 1.29 is 9.90 Å². The van der Waals surface area contributed by atoms with Crippen LogP contribution in [0.1, 0.15) is 24.5 Å². The number of carbonyl (C=O) groups is 1. The summed E-state index contributed by atoms with van der Waals surface area (Å²) in [5.41, 5.74) is 2.28. The molecule has 4 heteroatoms. The summed E-state index contributed by atoms with van der Waals surface area (Å²) in [6.07, 6.45) is 0.887. The first kappa shape index (κ1) is 14.5. The van der Waals surface area contributed by atoms with E-state index in [2.05, 4.69) is 5.32 Å². The maximum absolute atomic E-state index is 11.9. The topological polar surface area (TPSA) is 52.6 Å². The van der Waals surface area contributed by atoms with Crippen LogP contribution in [0.4, 0.5) is 4.79 Å². The Balaban J connectivity index is 2.45. The fraction of sp³-hybridized carbons (Fsp3) is 0.500. The molecular weight excluding hydrogens is 228 g/mol. The highest BCUT2D eigenvalue weighted by atomic mass is 16.3. The molecule has 0 heterocycles. The first-order chi connectivity index (χ1) is 8.67. The van der Waals surface area contributed by atoms with E-state index in [4.69, 9.17) is 5.11 Å². The highest BCUT2D eigenvalue weighted by molar-refractivity contribution is 5.74. The molecular formula is C14H22N2O2. The Bertz CT molecular complexity index is 357. The molecule has 100 valence electrons. The maximum atomic E-state index is 11.9. The van der Waals surface area contributed by atoms with E-state index in [1.807, 2.05) is 38.1 Å². The van der Waals surface area contributed by atoms with Gasteiger partial charge in [0.2, 0.25) is 0 Å². The molecule has 4 nitrogen and oxygen atoms in total. The second-order valence-electron chi connectivity index (χ2n) is 4.35. The van der Waals surface area contributed by atoms with E-state index in [-0.39, 0.29) is 12.6 Å². The van der Waals surface area contributed by atoms with Crippen LogP contribution in [0, 0.1) is 6.92 Å². The van der Waals surface area contributed by atoms with Crippen molar-refractivity contribution in [3.8, 4) is 0 Å². The number of rotatable bonds is 6. The Morgan fingerprint density at radius 1 is 1.28 bits per heavy atom. The predicted molar refractivity (Wildman–Crippen MR) is 72.4 cm³/mol. The minimum Gasteiger partial charge on any atom is -0.395 e. The van der Waals surface area contributed by atoms with Crippen molar-refractivity contribution in [1.29, 1.82) is 0 Å². The number of nitrogens with one attached hydrogen (secondary N) is 1. The average Bonchev–Trinajstić information content (AvgIpc) is 2.37. The third kappa shape index (κ3) is 4.75. The zero-order valence-electron chi connectivity index (χ0n) is 11.1. The number of nitrogens with zero attached hydrogens (tertiary/aromatic N) is 1. The van der Waals surface area contributed by atoms with Crippen LogP contribution in [-0.2, 0) is 6.54 Å². The summed E-state index contributed by atoms with van der Waals surface area (Å²) in [6, 6.07) is 7.95. The smallest absolute Gasteiger partial charge is 0.317 e. The Labute approximate surface area is 109 Å². The minimum absolute atomic E-state index is 0.00203. The number of urea groups is 1. The molecule has 0 aromatic heterocycles. The lowest BCUT2D eigenvalue weighted by atomic mass is 10.1. The molecule has 2 amide bonds. The molecule has 2 N–H and O–H groups in total. The summed E-state index contributed by atoms with van der Waals surface area (Å²) < 4.78 is 0. The monoisotopic (exact) mass is 250 g/mol. The van der Waals surface area contributed by atoms with Crippen LogP contribution in [0.15, 0.2) is 24.3 Å². The quantitative estimate of drug-likeness (QED) is 0.810. The zero-order valence-corrected chi connectivity index (χ0v) is 11.1. The summed E-state index contributed by atoms with van der Waals surface area (Å²) in [6.45, 7) is 5.61. The molecule has 0 aliphatic carbocycles. The van der Waals surface area contributed by atoms with Gasteiger partial charge < -0.3 is 15.3 Å². The molecule has 0 saturated carbocycles. The third-order valence-corrected chi connectivity index (χ3v) is 2.71. The number of amides is 2. The zero-order chi connectivity index (χ0) is 13.4.